The first-order chi connectivity index (χ1) is 9.24. The van der Waals surface area contributed by atoms with Crippen LogP contribution >= 0.6 is 0 Å². The highest BCUT2D eigenvalue weighted by Crippen LogP contribution is 2.26. The van der Waals surface area contributed by atoms with E-state index in [9.17, 15) is 4.79 Å². The number of carboxylic acids is 1. The van der Waals surface area contributed by atoms with Gasteiger partial charge in [0.1, 0.15) is 6.42 Å². The van der Waals surface area contributed by atoms with Crippen LogP contribution < -0.4 is 0 Å². The van der Waals surface area contributed by atoms with Gasteiger partial charge in [-0.3, -0.25) is 4.79 Å². The van der Waals surface area contributed by atoms with Crippen LogP contribution in [0.5, 0.6) is 0 Å². The molecule has 3 aromatic rings. The number of aliphatic carboxylic acids is 1. The summed E-state index contributed by atoms with van der Waals surface area (Å²) >= 11 is 0. The molecule has 0 fully saturated rings. The summed E-state index contributed by atoms with van der Waals surface area (Å²) in [6.07, 6.45) is -0.266. The zero-order valence-corrected chi connectivity index (χ0v) is 9.91. The van der Waals surface area contributed by atoms with E-state index in [0.717, 1.165) is 16.3 Å². The summed E-state index contributed by atoms with van der Waals surface area (Å²) in [6, 6.07) is 13.6. The van der Waals surface area contributed by atoms with Crippen molar-refractivity contribution in [3.63, 3.8) is 0 Å². The largest absolute Gasteiger partial charge is 0.481 e. The SMILES string of the molecule is O=C(O)Cc1nc(-c2cccc3ccccc23)no1. The Kier molecular flexibility index (Phi) is 2.72. The molecule has 5 nitrogen and oxygen atoms in total. The highest BCUT2D eigenvalue weighted by Gasteiger charge is 2.13. The van der Waals surface area contributed by atoms with E-state index < -0.39 is 5.97 Å². The zero-order valence-electron chi connectivity index (χ0n) is 9.91. The fraction of sp³-hybridized carbons (Fsp3) is 0.0714. The van der Waals surface area contributed by atoms with Crippen LogP contribution in [-0.4, -0.2) is 21.2 Å². The van der Waals surface area contributed by atoms with Crippen molar-refractivity contribution in [2.24, 2.45) is 0 Å². The zero-order chi connectivity index (χ0) is 13.2. The number of carboxylic acid groups (broad SMARTS) is 1. The number of fused-ring (bicyclic) bond motifs is 1. The molecule has 5 heteroatoms. The molecule has 19 heavy (non-hydrogen) atoms. The molecule has 1 heterocycles. The molecule has 0 atom stereocenters. The van der Waals surface area contributed by atoms with Crippen LogP contribution in [0.15, 0.2) is 47.0 Å². The van der Waals surface area contributed by atoms with Crippen molar-refractivity contribution in [3.8, 4) is 11.4 Å². The third-order valence-electron chi connectivity index (χ3n) is 2.80. The molecule has 0 bridgehead atoms. The Morgan fingerprint density at radius 2 is 1.95 bits per heavy atom. The van der Waals surface area contributed by atoms with Crippen LogP contribution in [0, 0.1) is 0 Å². The van der Waals surface area contributed by atoms with Crippen molar-refractivity contribution in [1.29, 1.82) is 0 Å². The van der Waals surface area contributed by atoms with Crippen molar-refractivity contribution in [2.45, 2.75) is 6.42 Å². The molecular weight excluding hydrogens is 244 g/mol. The molecule has 0 radical (unpaired) electrons. The predicted molar refractivity (Wildman–Crippen MR) is 68.6 cm³/mol. The summed E-state index contributed by atoms with van der Waals surface area (Å²) in [6.45, 7) is 0. The molecular formula is C14H10N2O3. The lowest BCUT2D eigenvalue weighted by molar-refractivity contribution is -0.136. The second-order valence-electron chi connectivity index (χ2n) is 4.11. The molecule has 3 rings (SSSR count). The minimum Gasteiger partial charge on any atom is -0.481 e. The van der Waals surface area contributed by atoms with Crippen molar-refractivity contribution in [3.05, 3.63) is 48.4 Å². The molecule has 0 unspecified atom stereocenters. The molecule has 0 saturated heterocycles. The number of nitrogens with zero attached hydrogens (tertiary/aromatic N) is 2. The molecule has 0 saturated carbocycles. The highest BCUT2D eigenvalue weighted by molar-refractivity contribution is 5.94. The molecule has 1 aromatic heterocycles. The minimum atomic E-state index is -0.992. The molecule has 0 aliphatic carbocycles. The van der Waals surface area contributed by atoms with E-state index in [1.807, 2.05) is 42.5 Å². The average Bonchev–Trinajstić information content (AvgIpc) is 2.85. The number of rotatable bonds is 3. The van der Waals surface area contributed by atoms with Crippen molar-refractivity contribution in [1.82, 2.24) is 10.1 Å². The number of benzene rings is 2. The Hall–Kier alpha value is -2.69. The summed E-state index contributed by atoms with van der Waals surface area (Å²) < 4.78 is 4.94. The normalized spacial score (nSPS) is 10.7. The maximum Gasteiger partial charge on any atom is 0.312 e. The Bertz CT molecular complexity index is 744. The fourth-order valence-corrected chi connectivity index (χ4v) is 1.99. The minimum absolute atomic E-state index is 0.107. The van der Waals surface area contributed by atoms with E-state index in [-0.39, 0.29) is 12.3 Å². The summed E-state index contributed by atoms with van der Waals surface area (Å²) in [5.41, 5.74) is 0.832. The van der Waals surface area contributed by atoms with Gasteiger partial charge in [0.25, 0.3) is 0 Å². The van der Waals surface area contributed by atoms with Crippen LogP contribution in [-0.2, 0) is 11.2 Å². The third kappa shape index (κ3) is 2.18. The quantitative estimate of drug-likeness (QED) is 0.777. The van der Waals surface area contributed by atoms with Gasteiger partial charge >= 0.3 is 5.97 Å². The third-order valence-corrected chi connectivity index (χ3v) is 2.80. The van der Waals surface area contributed by atoms with Gasteiger partial charge in [0.15, 0.2) is 0 Å². The second kappa shape index (κ2) is 4.53. The molecule has 94 valence electrons. The van der Waals surface area contributed by atoms with Crippen molar-refractivity contribution >= 4 is 16.7 Å². The molecule has 0 spiro atoms. The van der Waals surface area contributed by atoms with Gasteiger partial charge in [-0.15, -0.1) is 0 Å². The van der Waals surface area contributed by atoms with Crippen molar-refractivity contribution in [2.75, 3.05) is 0 Å². The van der Waals surface area contributed by atoms with Gasteiger partial charge in [0.05, 0.1) is 0 Å². The van der Waals surface area contributed by atoms with Crippen LogP contribution in [0.1, 0.15) is 5.89 Å². The lowest BCUT2D eigenvalue weighted by Crippen LogP contribution is -1.99. The highest BCUT2D eigenvalue weighted by atomic mass is 16.5. The number of hydrogen-bond donors (Lipinski definition) is 1. The lowest BCUT2D eigenvalue weighted by Gasteiger charge is -2.01. The maximum atomic E-state index is 10.6. The smallest absolute Gasteiger partial charge is 0.312 e. The van der Waals surface area contributed by atoms with E-state index in [0.29, 0.717) is 5.82 Å². The van der Waals surface area contributed by atoms with Gasteiger partial charge in [-0.05, 0) is 10.8 Å². The van der Waals surface area contributed by atoms with Gasteiger partial charge in [0, 0.05) is 5.56 Å². The maximum absolute atomic E-state index is 10.6. The first kappa shape index (κ1) is 11.4. The number of hydrogen-bond acceptors (Lipinski definition) is 4. The van der Waals surface area contributed by atoms with Crippen molar-refractivity contribution < 1.29 is 14.4 Å². The average molecular weight is 254 g/mol. The topological polar surface area (TPSA) is 76.2 Å². The number of carbonyl (C=O) groups is 1. The van der Waals surface area contributed by atoms with Crippen LogP contribution in [0.4, 0.5) is 0 Å². The Morgan fingerprint density at radius 3 is 2.79 bits per heavy atom. The lowest BCUT2D eigenvalue weighted by atomic mass is 10.0. The Morgan fingerprint density at radius 1 is 1.16 bits per heavy atom. The van der Waals surface area contributed by atoms with Crippen LogP contribution in [0.25, 0.3) is 22.2 Å². The van der Waals surface area contributed by atoms with Crippen LogP contribution in [0.2, 0.25) is 0 Å². The van der Waals surface area contributed by atoms with E-state index in [1.165, 1.54) is 0 Å². The van der Waals surface area contributed by atoms with Gasteiger partial charge in [0.2, 0.25) is 11.7 Å². The van der Waals surface area contributed by atoms with E-state index in [2.05, 4.69) is 10.1 Å². The molecule has 2 aromatic carbocycles. The monoisotopic (exact) mass is 254 g/mol. The van der Waals surface area contributed by atoms with Gasteiger partial charge in [-0.1, -0.05) is 47.6 Å². The van der Waals surface area contributed by atoms with E-state index >= 15 is 0 Å². The molecule has 0 aliphatic heterocycles. The van der Waals surface area contributed by atoms with Gasteiger partial charge in [-0.2, -0.15) is 4.98 Å². The summed E-state index contributed by atoms with van der Waals surface area (Å²) in [5, 5.41) is 14.6. The molecule has 0 aliphatic rings. The van der Waals surface area contributed by atoms with Gasteiger partial charge < -0.3 is 9.63 Å². The number of aromatic nitrogens is 2. The summed E-state index contributed by atoms with van der Waals surface area (Å²) in [4.78, 5) is 14.7. The molecule has 0 amide bonds. The first-order valence-corrected chi connectivity index (χ1v) is 5.76. The predicted octanol–water partition coefficient (Wildman–Crippen LogP) is 2.52. The first-order valence-electron chi connectivity index (χ1n) is 5.76. The van der Waals surface area contributed by atoms with E-state index in [1.54, 1.807) is 0 Å². The Balaban J connectivity index is 2.09. The van der Waals surface area contributed by atoms with Crippen LogP contribution in [0.3, 0.4) is 0 Å². The standard InChI is InChI=1S/C14H10N2O3/c17-13(18)8-12-15-14(16-19-12)11-7-3-5-9-4-1-2-6-10(9)11/h1-7H,8H2,(H,17,18). The Labute approximate surface area is 108 Å². The molecule has 1 N–H and O–H groups in total. The fourth-order valence-electron chi connectivity index (χ4n) is 1.99. The van der Waals surface area contributed by atoms with Gasteiger partial charge in [-0.25, -0.2) is 0 Å². The van der Waals surface area contributed by atoms with E-state index in [4.69, 9.17) is 9.63 Å². The summed E-state index contributed by atoms with van der Waals surface area (Å²) in [5.74, 6) is -0.475. The second-order valence-corrected chi connectivity index (χ2v) is 4.11. The summed E-state index contributed by atoms with van der Waals surface area (Å²) in [7, 11) is 0.